The summed E-state index contributed by atoms with van der Waals surface area (Å²) in [5.41, 5.74) is 3.22. The molecule has 1 N–H and O–H groups in total. The average molecular weight is 198 g/mol. The van der Waals surface area contributed by atoms with Gasteiger partial charge in [-0.1, -0.05) is 0 Å². The summed E-state index contributed by atoms with van der Waals surface area (Å²) >= 11 is 5.48. The molecule has 0 fully saturated rings. The third-order valence-electron chi connectivity index (χ3n) is 2.54. The number of fused-ring (bicyclic) bond motifs is 1. The zero-order valence-corrected chi connectivity index (χ0v) is 8.16. The largest absolute Gasteiger partial charge is 0.356 e. The molecule has 0 aromatic carbocycles. The lowest BCUT2D eigenvalue weighted by Gasteiger charge is -2.08. The third kappa shape index (κ3) is 1.63. The first-order chi connectivity index (χ1) is 6.31. The number of hydrogen-bond acceptors (Lipinski definition) is 1. The molecule has 0 saturated heterocycles. The van der Waals surface area contributed by atoms with E-state index in [1.165, 1.54) is 24.1 Å². The van der Waals surface area contributed by atoms with E-state index in [1.807, 2.05) is 6.07 Å². The highest BCUT2D eigenvalue weighted by Crippen LogP contribution is 2.21. The number of rotatable bonds is 2. The summed E-state index contributed by atoms with van der Waals surface area (Å²) in [5, 5.41) is 0. The SMILES string of the molecule is O=C(CCl)c1cc2c([nH]1)CCCC2. The Kier molecular flexibility index (Phi) is 2.40. The van der Waals surface area contributed by atoms with Gasteiger partial charge in [0.05, 0.1) is 11.6 Å². The second-order valence-electron chi connectivity index (χ2n) is 3.45. The lowest BCUT2D eigenvalue weighted by molar-refractivity contribution is 0.101. The van der Waals surface area contributed by atoms with Gasteiger partial charge in [0.1, 0.15) is 0 Å². The molecule has 2 nitrogen and oxygen atoms in total. The lowest BCUT2D eigenvalue weighted by atomic mass is 9.98. The van der Waals surface area contributed by atoms with Crippen LogP contribution in [-0.4, -0.2) is 16.6 Å². The molecule has 3 heteroatoms. The molecule has 0 aliphatic heterocycles. The second kappa shape index (κ2) is 3.54. The molecule has 0 bridgehead atoms. The first-order valence-corrected chi connectivity index (χ1v) is 5.14. The molecule has 0 radical (unpaired) electrons. The van der Waals surface area contributed by atoms with Gasteiger partial charge >= 0.3 is 0 Å². The molecule has 0 saturated carbocycles. The molecule has 0 amide bonds. The topological polar surface area (TPSA) is 32.9 Å². The number of carbonyl (C=O) groups is 1. The molecule has 70 valence electrons. The summed E-state index contributed by atoms with van der Waals surface area (Å²) in [6.45, 7) is 0. The van der Waals surface area contributed by atoms with Crippen LogP contribution in [0.5, 0.6) is 0 Å². The monoisotopic (exact) mass is 197 g/mol. The number of Topliss-reactive ketones (excluding diaryl/α,β-unsaturated/α-hetero) is 1. The number of hydrogen-bond donors (Lipinski definition) is 1. The maximum atomic E-state index is 11.3. The summed E-state index contributed by atoms with van der Waals surface area (Å²) in [6, 6.07) is 1.96. The van der Waals surface area contributed by atoms with Crippen LogP contribution in [0.3, 0.4) is 0 Å². The maximum absolute atomic E-state index is 11.3. The van der Waals surface area contributed by atoms with E-state index in [0.29, 0.717) is 5.69 Å². The smallest absolute Gasteiger partial charge is 0.193 e. The Morgan fingerprint density at radius 2 is 2.23 bits per heavy atom. The van der Waals surface area contributed by atoms with Crippen LogP contribution in [0.15, 0.2) is 6.07 Å². The Balaban J connectivity index is 2.30. The fourth-order valence-corrected chi connectivity index (χ4v) is 1.97. The van der Waals surface area contributed by atoms with Gasteiger partial charge in [-0.05, 0) is 37.3 Å². The van der Waals surface area contributed by atoms with Crippen molar-refractivity contribution in [2.75, 3.05) is 5.88 Å². The van der Waals surface area contributed by atoms with Crippen molar-refractivity contribution in [3.63, 3.8) is 0 Å². The molecular weight excluding hydrogens is 186 g/mol. The van der Waals surface area contributed by atoms with Crippen molar-refractivity contribution in [3.8, 4) is 0 Å². The minimum Gasteiger partial charge on any atom is -0.356 e. The van der Waals surface area contributed by atoms with Gasteiger partial charge in [0, 0.05) is 5.69 Å². The summed E-state index contributed by atoms with van der Waals surface area (Å²) in [6.07, 6.45) is 4.63. The van der Waals surface area contributed by atoms with E-state index >= 15 is 0 Å². The van der Waals surface area contributed by atoms with Gasteiger partial charge in [-0.25, -0.2) is 0 Å². The van der Waals surface area contributed by atoms with Crippen molar-refractivity contribution in [2.24, 2.45) is 0 Å². The number of H-pyrrole nitrogens is 1. The van der Waals surface area contributed by atoms with Crippen molar-refractivity contribution in [2.45, 2.75) is 25.7 Å². The normalized spacial score (nSPS) is 15.5. The third-order valence-corrected chi connectivity index (χ3v) is 2.78. The van der Waals surface area contributed by atoms with Crippen LogP contribution in [0.2, 0.25) is 0 Å². The summed E-state index contributed by atoms with van der Waals surface area (Å²) < 4.78 is 0. The zero-order chi connectivity index (χ0) is 9.26. The Bertz CT molecular complexity index is 306. The highest BCUT2D eigenvalue weighted by Gasteiger charge is 2.15. The lowest BCUT2D eigenvalue weighted by Crippen LogP contribution is -2.01. The minimum absolute atomic E-state index is 0.00364. The van der Waals surface area contributed by atoms with E-state index in [1.54, 1.807) is 0 Å². The van der Waals surface area contributed by atoms with Gasteiger partial charge in [-0.15, -0.1) is 11.6 Å². The fraction of sp³-hybridized carbons (Fsp3) is 0.500. The molecule has 2 rings (SSSR count). The molecule has 1 aromatic rings. The second-order valence-corrected chi connectivity index (χ2v) is 3.72. The van der Waals surface area contributed by atoms with Crippen LogP contribution in [0.4, 0.5) is 0 Å². The number of halogens is 1. The van der Waals surface area contributed by atoms with Crippen LogP contribution in [0, 0.1) is 0 Å². The number of carbonyl (C=O) groups excluding carboxylic acids is 1. The van der Waals surface area contributed by atoms with E-state index in [9.17, 15) is 4.79 Å². The van der Waals surface area contributed by atoms with Gasteiger partial charge in [-0.2, -0.15) is 0 Å². The molecule has 0 spiro atoms. The Morgan fingerprint density at radius 3 is 2.92 bits per heavy atom. The number of nitrogens with one attached hydrogen (secondary N) is 1. The molecule has 1 heterocycles. The Morgan fingerprint density at radius 1 is 1.46 bits per heavy atom. The summed E-state index contributed by atoms with van der Waals surface area (Å²) in [7, 11) is 0. The maximum Gasteiger partial charge on any atom is 0.193 e. The van der Waals surface area contributed by atoms with Crippen molar-refractivity contribution in [1.82, 2.24) is 4.98 Å². The van der Waals surface area contributed by atoms with Gasteiger partial charge in [0.15, 0.2) is 5.78 Å². The number of aromatic amines is 1. The minimum atomic E-state index is -0.00364. The number of aryl methyl sites for hydroxylation is 2. The van der Waals surface area contributed by atoms with Crippen LogP contribution in [0.1, 0.15) is 34.6 Å². The van der Waals surface area contributed by atoms with Crippen molar-refractivity contribution < 1.29 is 4.79 Å². The Hall–Kier alpha value is -0.760. The van der Waals surface area contributed by atoms with Gasteiger partial charge in [-0.3, -0.25) is 4.79 Å². The quantitative estimate of drug-likeness (QED) is 0.573. The molecule has 1 aliphatic carbocycles. The molecule has 1 aromatic heterocycles. The summed E-state index contributed by atoms with van der Waals surface area (Å²) in [4.78, 5) is 14.4. The molecule has 1 aliphatic rings. The van der Waals surface area contributed by atoms with Gasteiger partial charge in [0.25, 0.3) is 0 Å². The van der Waals surface area contributed by atoms with Crippen LogP contribution >= 0.6 is 11.6 Å². The molecule has 0 unspecified atom stereocenters. The number of ketones is 1. The average Bonchev–Trinajstić information content (AvgIpc) is 2.59. The van der Waals surface area contributed by atoms with Crippen LogP contribution in [-0.2, 0) is 12.8 Å². The van der Waals surface area contributed by atoms with E-state index < -0.39 is 0 Å². The van der Waals surface area contributed by atoms with E-state index in [-0.39, 0.29) is 11.7 Å². The molecule has 13 heavy (non-hydrogen) atoms. The highest BCUT2D eigenvalue weighted by molar-refractivity contribution is 6.30. The van der Waals surface area contributed by atoms with Gasteiger partial charge in [0.2, 0.25) is 0 Å². The van der Waals surface area contributed by atoms with Crippen molar-refractivity contribution in [1.29, 1.82) is 0 Å². The first-order valence-electron chi connectivity index (χ1n) is 4.61. The molecular formula is C10H12ClNO. The number of alkyl halides is 1. The highest BCUT2D eigenvalue weighted by atomic mass is 35.5. The van der Waals surface area contributed by atoms with Crippen LogP contribution < -0.4 is 0 Å². The summed E-state index contributed by atoms with van der Waals surface area (Å²) in [5.74, 6) is 0.0652. The number of aromatic nitrogens is 1. The van der Waals surface area contributed by atoms with Gasteiger partial charge < -0.3 is 4.98 Å². The predicted octanol–water partition coefficient (Wildman–Crippen LogP) is 2.32. The van der Waals surface area contributed by atoms with E-state index in [2.05, 4.69) is 4.98 Å². The van der Waals surface area contributed by atoms with E-state index in [4.69, 9.17) is 11.6 Å². The zero-order valence-electron chi connectivity index (χ0n) is 7.40. The standard InChI is InChI=1S/C10H12ClNO/c11-6-10(13)9-5-7-3-1-2-4-8(7)12-9/h5,12H,1-4,6H2. The first kappa shape index (κ1) is 8.82. The van der Waals surface area contributed by atoms with E-state index in [0.717, 1.165) is 12.8 Å². The predicted molar refractivity (Wildman–Crippen MR) is 52.5 cm³/mol. The Labute approximate surface area is 82.3 Å². The van der Waals surface area contributed by atoms with Crippen LogP contribution in [0.25, 0.3) is 0 Å². The fourth-order valence-electron chi connectivity index (χ4n) is 1.83. The van der Waals surface area contributed by atoms with Crippen molar-refractivity contribution >= 4 is 17.4 Å². The molecule has 0 atom stereocenters. The van der Waals surface area contributed by atoms with Crippen molar-refractivity contribution in [3.05, 3.63) is 23.0 Å².